The van der Waals surface area contributed by atoms with Crippen molar-refractivity contribution in [2.45, 2.75) is 213 Å². The standard InChI is InChI=1S/C41H83NO6/c1-7-9-11-13-15-17-19-21-23-25-27-29-33-45-36-39(46-34-30-28-26-24-22-20-18-16-14-12-10-8-2)37-47-40(43)42-32-31-41(4,5)48-35-38(3)44-6/h38-39H,7-37H2,1-6H3,(H,42,43)/t38?,39-/m1/s1. The molecule has 0 aromatic heterocycles. The molecule has 0 aliphatic carbocycles. The van der Waals surface area contributed by atoms with E-state index in [0.29, 0.717) is 32.8 Å². The van der Waals surface area contributed by atoms with Gasteiger partial charge in [0.15, 0.2) is 0 Å². The smallest absolute Gasteiger partial charge is 0.407 e. The number of unbranched alkanes of at least 4 members (excludes halogenated alkanes) is 22. The van der Waals surface area contributed by atoms with Crippen LogP contribution < -0.4 is 5.32 Å². The van der Waals surface area contributed by atoms with Crippen LogP contribution in [0, 0.1) is 0 Å². The second kappa shape index (κ2) is 35.9. The minimum absolute atomic E-state index is 0.0379. The van der Waals surface area contributed by atoms with Crippen molar-refractivity contribution in [2.75, 3.05) is 46.7 Å². The van der Waals surface area contributed by atoms with Crippen LogP contribution in [-0.4, -0.2) is 70.6 Å². The van der Waals surface area contributed by atoms with Crippen LogP contribution in [0.25, 0.3) is 0 Å². The summed E-state index contributed by atoms with van der Waals surface area (Å²) >= 11 is 0. The third-order valence-corrected chi connectivity index (χ3v) is 9.31. The average Bonchev–Trinajstić information content (AvgIpc) is 3.07. The Kier molecular flexibility index (Phi) is 35.3. The molecule has 0 bridgehead atoms. The third-order valence-electron chi connectivity index (χ3n) is 9.31. The minimum atomic E-state index is -0.420. The van der Waals surface area contributed by atoms with E-state index < -0.39 is 6.09 Å². The van der Waals surface area contributed by atoms with Crippen molar-refractivity contribution < 1.29 is 28.5 Å². The van der Waals surface area contributed by atoms with Gasteiger partial charge in [-0.2, -0.15) is 0 Å². The number of amides is 1. The Morgan fingerprint density at radius 2 is 1.04 bits per heavy atom. The van der Waals surface area contributed by atoms with Crippen molar-refractivity contribution in [1.82, 2.24) is 5.32 Å². The number of hydrogen-bond donors (Lipinski definition) is 1. The third kappa shape index (κ3) is 35.0. The molecule has 2 atom stereocenters. The quantitative estimate of drug-likeness (QED) is 0.0652. The molecular weight excluding hydrogens is 602 g/mol. The van der Waals surface area contributed by atoms with E-state index in [4.69, 9.17) is 23.7 Å². The number of carbonyl (C=O) groups excluding carboxylic acids is 1. The molecule has 0 heterocycles. The molecule has 0 rings (SSSR count). The van der Waals surface area contributed by atoms with Gasteiger partial charge < -0.3 is 29.0 Å². The van der Waals surface area contributed by atoms with Crippen LogP contribution >= 0.6 is 0 Å². The summed E-state index contributed by atoms with van der Waals surface area (Å²) < 4.78 is 28.9. The lowest BCUT2D eigenvalue weighted by Gasteiger charge is -2.27. The molecule has 288 valence electrons. The summed E-state index contributed by atoms with van der Waals surface area (Å²) in [6.07, 6.45) is 31.9. The highest BCUT2D eigenvalue weighted by molar-refractivity contribution is 5.67. The number of alkyl carbamates (subject to hydrolysis) is 1. The van der Waals surface area contributed by atoms with Crippen molar-refractivity contribution >= 4 is 6.09 Å². The van der Waals surface area contributed by atoms with Crippen LogP contribution in [0.2, 0.25) is 0 Å². The fourth-order valence-electron chi connectivity index (χ4n) is 5.77. The average molecular weight is 686 g/mol. The van der Waals surface area contributed by atoms with Crippen LogP contribution in [0.5, 0.6) is 0 Å². The lowest BCUT2D eigenvalue weighted by molar-refractivity contribution is -0.0682. The minimum Gasteiger partial charge on any atom is -0.447 e. The maximum Gasteiger partial charge on any atom is 0.407 e. The van der Waals surface area contributed by atoms with Gasteiger partial charge in [0.05, 0.1) is 24.9 Å². The zero-order valence-electron chi connectivity index (χ0n) is 33.0. The lowest BCUT2D eigenvalue weighted by atomic mass is 10.1. The maximum absolute atomic E-state index is 12.4. The van der Waals surface area contributed by atoms with Gasteiger partial charge in [-0.1, -0.05) is 155 Å². The van der Waals surface area contributed by atoms with Gasteiger partial charge in [0, 0.05) is 26.9 Å². The van der Waals surface area contributed by atoms with Crippen molar-refractivity contribution in [3.63, 3.8) is 0 Å². The van der Waals surface area contributed by atoms with Gasteiger partial charge in [-0.05, 0) is 40.0 Å². The summed E-state index contributed by atoms with van der Waals surface area (Å²) in [5.41, 5.74) is -0.359. The van der Waals surface area contributed by atoms with Gasteiger partial charge in [0.25, 0.3) is 0 Å². The summed E-state index contributed by atoms with van der Waals surface area (Å²) in [6.45, 7) is 13.7. The Hall–Kier alpha value is -0.890. The van der Waals surface area contributed by atoms with Crippen molar-refractivity contribution in [1.29, 1.82) is 0 Å². The fourth-order valence-corrected chi connectivity index (χ4v) is 5.77. The lowest BCUT2D eigenvalue weighted by Crippen LogP contribution is -2.36. The van der Waals surface area contributed by atoms with Crippen LogP contribution in [-0.2, 0) is 23.7 Å². The van der Waals surface area contributed by atoms with Gasteiger partial charge in [-0.3, -0.25) is 0 Å². The van der Waals surface area contributed by atoms with Gasteiger partial charge in [-0.15, -0.1) is 0 Å². The molecule has 0 saturated carbocycles. The van der Waals surface area contributed by atoms with Crippen molar-refractivity contribution in [3.05, 3.63) is 0 Å². The number of ether oxygens (including phenoxy) is 5. The van der Waals surface area contributed by atoms with Crippen LogP contribution in [0.3, 0.4) is 0 Å². The molecule has 0 spiro atoms. The molecule has 7 nitrogen and oxygen atoms in total. The molecular formula is C41H83NO6. The predicted molar refractivity (Wildman–Crippen MR) is 203 cm³/mol. The number of carbonyl (C=O) groups is 1. The van der Waals surface area contributed by atoms with Gasteiger partial charge >= 0.3 is 6.09 Å². The summed E-state index contributed by atoms with van der Waals surface area (Å²) in [6, 6.07) is 0. The van der Waals surface area contributed by atoms with E-state index in [1.165, 1.54) is 141 Å². The second-order valence-corrected chi connectivity index (χ2v) is 14.7. The summed E-state index contributed by atoms with van der Waals surface area (Å²) in [7, 11) is 1.68. The van der Waals surface area contributed by atoms with E-state index in [9.17, 15) is 4.79 Å². The van der Waals surface area contributed by atoms with Crippen LogP contribution in [0.1, 0.15) is 195 Å². The summed E-state index contributed by atoms with van der Waals surface area (Å²) in [5.74, 6) is 0. The van der Waals surface area contributed by atoms with Gasteiger partial charge in [0.1, 0.15) is 12.7 Å². The number of nitrogens with one attached hydrogen (secondary N) is 1. The van der Waals surface area contributed by atoms with Crippen molar-refractivity contribution in [2.24, 2.45) is 0 Å². The molecule has 1 amide bonds. The first-order valence-corrected chi connectivity index (χ1v) is 20.6. The highest BCUT2D eigenvalue weighted by Gasteiger charge is 2.20. The van der Waals surface area contributed by atoms with E-state index >= 15 is 0 Å². The molecule has 0 fully saturated rings. The fraction of sp³-hybridized carbons (Fsp3) is 0.976. The molecule has 0 aromatic rings. The monoisotopic (exact) mass is 686 g/mol. The van der Waals surface area contributed by atoms with Gasteiger partial charge in [0.2, 0.25) is 0 Å². The molecule has 7 heteroatoms. The molecule has 1 unspecified atom stereocenters. The van der Waals surface area contributed by atoms with Crippen LogP contribution in [0.4, 0.5) is 4.79 Å². The number of hydrogen-bond acceptors (Lipinski definition) is 6. The van der Waals surface area contributed by atoms with E-state index in [-0.39, 0.29) is 24.4 Å². The Labute approximate surface area is 299 Å². The topological polar surface area (TPSA) is 75.3 Å². The molecule has 48 heavy (non-hydrogen) atoms. The normalized spacial score (nSPS) is 13.1. The van der Waals surface area contributed by atoms with E-state index in [1.54, 1.807) is 7.11 Å². The Morgan fingerprint density at radius 3 is 1.50 bits per heavy atom. The number of rotatable bonds is 38. The van der Waals surface area contributed by atoms with E-state index in [0.717, 1.165) is 19.4 Å². The molecule has 0 radical (unpaired) electrons. The SMILES string of the molecule is CCCCCCCCCCCCCCOC[C@H](COC(=O)NCCC(C)(C)OCC(C)OC)OCCCCCCCCCCCCCC. The summed E-state index contributed by atoms with van der Waals surface area (Å²) in [4.78, 5) is 12.4. The Morgan fingerprint density at radius 1 is 0.604 bits per heavy atom. The zero-order valence-corrected chi connectivity index (χ0v) is 33.0. The molecule has 0 aliphatic heterocycles. The Balaban J connectivity index is 4.22. The largest absolute Gasteiger partial charge is 0.447 e. The first-order chi connectivity index (χ1) is 23.3. The first-order valence-electron chi connectivity index (χ1n) is 20.6. The van der Waals surface area contributed by atoms with Gasteiger partial charge in [-0.25, -0.2) is 4.79 Å². The summed E-state index contributed by atoms with van der Waals surface area (Å²) in [5, 5.41) is 2.86. The maximum atomic E-state index is 12.4. The first kappa shape index (κ1) is 47.1. The number of methoxy groups -OCH3 is 1. The van der Waals surface area contributed by atoms with Crippen molar-refractivity contribution in [3.8, 4) is 0 Å². The molecule has 0 aliphatic rings. The second-order valence-electron chi connectivity index (χ2n) is 14.7. The zero-order chi connectivity index (χ0) is 35.4. The van der Waals surface area contributed by atoms with Crippen LogP contribution in [0.15, 0.2) is 0 Å². The van der Waals surface area contributed by atoms with E-state index in [2.05, 4.69) is 19.2 Å². The Bertz CT molecular complexity index is 661. The highest BCUT2D eigenvalue weighted by Crippen LogP contribution is 2.16. The molecule has 1 N–H and O–H groups in total. The molecule has 0 aromatic carbocycles. The highest BCUT2D eigenvalue weighted by atomic mass is 16.6. The van der Waals surface area contributed by atoms with E-state index in [1.807, 2.05) is 20.8 Å². The molecule has 0 saturated heterocycles. The predicted octanol–water partition coefficient (Wildman–Crippen LogP) is 11.7.